The lowest BCUT2D eigenvalue weighted by Crippen LogP contribution is -2.16. The monoisotopic (exact) mass is 196 g/mol. The van der Waals surface area contributed by atoms with Gasteiger partial charge in [0.25, 0.3) is 0 Å². The van der Waals surface area contributed by atoms with Crippen molar-refractivity contribution in [2.75, 3.05) is 0 Å². The minimum atomic E-state index is -1.18. The zero-order valence-electron chi connectivity index (χ0n) is 9.18. The largest absolute Gasteiger partial charge is 0.356 e. The number of rotatable bonds is 3. The van der Waals surface area contributed by atoms with Crippen LogP contribution in [0.3, 0.4) is 0 Å². The van der Waals surface area contributed by atoms with Crippen LogP contribution >= 0.6 is 0 Å². The molecule has 0 spiro atoms. The Morgan fingerprint density at radius 2 is 2.00 bits per heavy atom. The van der Waals surface area contributed by atoms with Gasteiger partial charge in [0.1, 0.15) is 14.2 Å². The molecule has 74 valence electrons. The van der Waals surface area contributed by atoms with Crippen molar-refractivity contribution in [3.05, 3.63) is 0 Å². The van der Waals surface area contributed by atoms with Crippen LogP contribution in [0, 0.1) is 11.5 Å². The molecular formula is C11H20OSi. The van der Waals surface area contributed by atoms with Gasteiger partial charge in [-0.15, -0.1) is 5.54 Å². The fourth-order valence-corrected chi connectivity index (χ4v) is 1.76. The van der Waals surface area contributed by atoms with Crippen molar-refractivity contribution < 1.29 is 4.74 Å². The van der Waals surface area contributed by atoms with Crippen molar-refractivity contribution in [2.45, 2.75) is 58.0 Å². The summed E-state index contributed by atoms with van der Waals surface area (Å²) in [6.45, 7) is 9.02. The Bertz CT molecular complexity index is 218. The molecular weight excluding hydrogens is 176 g/mol. The number of unbranched alkanes of at least 4 members (excludes halogenated alkanes) is 1. The lowest BCUT2D eigenvalue weighted by molar-refractivity contribution is 0.377. The summed E-state index contributed by atoms with van der Waals surface area (Å²) in [5.74, 6) is 3.25. The summed E-state index contributed by atoms with van der Waals surface area (Å²) < 4.78 is 5.46. The first-order valence-corrected chi connectivity index (χ1v) is 8.71. The molecule has 0 bridgehead atoms. The zero-order chi connectivity index (χ0) is 9.90. The van der Waals surface area contributed by atoms with Crippen LogP contribution in [0.15, 0.2) is 0 Å². The Morgan fingerprint density at radius 1 is 1.31 bits per heavy atom. The van der Waals surface area contributed by atoms with E-state index in [1.165, 1.54) is 19.3 Å². The van der Waals surface area contributed by atoms with E-state index in [0.717, 1.165) is 0 Å². The van der Waals surface area contributed by atoms with Crippen LogP contribution in [0.5, 0.6) is 0 Å². The van der Waals surface area contributed by atoms with E-state index in [-0.39, 0.29) is 6.10 Å². The van der Waals surface area contributed by atoms with Gasteiger partial charge in [0.05, 0.1) is 6.10 Å². The van der Waals surface area contributed by atoms with Crippen LogP contribution in [0.25, 0.3) is 0 Å². The van der Waals surface area contributed by atoms with E-state index in [1.807, 2.05) is 0 Å². The van der Waals surface area contributed by atoms with Gasteiger partial charge in [-0.05, 0) is 6.42 Å². The van der Waals surface area contributed by atoms with Gasteiger partial charge in [0, 0.05) is 0 Å². The van der Waals surface area contributed by atoms with Crippen molar-refractivity contribution in [1.29, 1.82) is 0 Å². The van der Waals surface area contributed by atoms with Gasteiger partial charge in [0.15, 0.2) is 0 Å². The topological polar surface area (TPSA) is 12.5 Å². The SMILES string of the molecule is CCCC[C@@H]1O[C@@H]1C#C[Si](C)(C)C. The highest BCUT2D eigenvalue weighted by molar-refractivity contribution is 6.83. The molecule has 2 atom stereocenters. The summed E-state index contributed by atoms with van der Waals surface area (Å²) in [5.41, 5.74) is 3.35. The smallest absolute Gasteiger partial charge is 0.144 e. The van der Waals surface area contributed by atoms with Crippen molar-refractivity contribution in [1.82, 2.24) is 0 Å². The summed E-state index contributed by atoms with van der Waals surface area (Å²) >= 11 is 0. The van der Waals surface area contributed by atoms with E-state index < -0.39 is 8.07 Å². The highest BCUT2D eigenvalue weighted by Gasteiger charge is 2.36. The molecule has 0 saturated carbocycles. The van der Waals surface area contributed by atoms with Gasteiger partial charge in [-0.2, -0.15) is 0 Å². The third kappa shape index (κ3) is 4.49. The van der Waals surface area contributed by atoms with Gasteiger partial charge in [-0.3, -0.25) is 0 Å². The first-order chi connectivity index (χ1) is 6.03. The third-order valence-electron chi connectivity index (χ3n) is 2.01. The van der Waals surface area contributed by atoms with Crippen LogP contribution in [-0.4, -0.2) is 20.3 Å². The van der Waals surface area contributed by atoms with E-state index in [4.69, 9.17) is 4.74 Å². The van der Waals surface area contributed by atoms with E-state index in [9.17, 15) is 0 Å². The maximum atomic E-state index is 5.46. The second-order valence-corrected chi connectivity index (χ2v) is 9.51. The second-order valence-electron chi connectivity index (χ2n) is 4.76. The molecule has 0 radical (unpaired) electrons. The lowest BCUT2D eigenvalue weighted by atomic mass is 10.2. The predicted octanol–water partition coefficient (Wildman–Crippen LogP) is 2.82. The molecule has 0 aromatic carbocycles. The maximum absolute atomic E-state index is 5.46. The molecule has 1 aliphatic rings. The number of hydrogen-bond donors (Lipinski definition) is 0. The Hall–Kier alpha value is -0.263. The average Bonchev–Trinajstić information content (AvgIpc) is 2.75. The van der Waals surface area contributed by atoms with Gasteiger partial charge in [-0.1, -0.05) is 45.3 Å². The molecule has 0 N–H and O–H groups in total. The average molecular weight is 196 g/mol. The second kappa shape index (κ2) is 4.30. The van der Waals surface area contributed by atoms with E-state index in [0.29, 0.717) is 6.10 Å². The molecule has 1 rings (SSSR count). The molecule has 0 amide bonds. The molecule has 0 unspecified atom stereocenters. The van der Waals surface area contributed by atoms with Gasteiger partial charge in [-0.25, -0.2) is 0 Å². The summed E-state index contributed by atoms with van der Waals surface area (Å²) in [4.78, 5) is 0. The number of hydrogen-bond acceptors (Lipinski definition) is 1. The maximum Gasteiger partial charge on any atom is 0.144 e. The quantitative estimate of drug-likeness (QED) is 0.384. The van der Waals surface area contributed by atoms with Crippen molar-refractivity contribution in [2.24, 2.45) is 0 Å². The molecule has 0 aromatic rings. The van der Waals surface area contributed by atoms with Crippen LogP contribution in [0.2, 0.25) is 19.6 Å². The third-order valence-corrected chi connectivity index (χ3v) is 2.91. The van der Waals surface area contributed by atoms with E-state index >= 15 is 0 Å². The highest BCUT2D eigenvalue weighted by atomic mass is 28.3. The lowest BCUT2D eigenvalue weighted by Gasteiger charge is -2.02. The summed E-state index contributed by atoms with van der Waals surface area (Å²) in [5, 5.41) is 0. The predicted molar refractivity (Wildman–Crippen MR) is 59.3 cm³/mol. The fourth-order valence-electron chi connectivity index (χ4n) is 1.18. The Kier molecular flexibility index (Phi) is 3.58. The Morgan fingerprint density at radius 3 is 2.54 bits per heavy atom. The molecule has 1 heterocycles. The Balaban J connectivity index is 2.23. The first-order valence-electron chi connectivity index (χ1n) is 5.21. The zero-order valence-corrected chi connectivity index (χ0v) is 10.2. The van der Waals surface area contributed by atoms with Gasteiger partial charge in [0.2, 0.25) is 0 Å². The van der Waals surface area contributed by atoms with Crippen LogP contribution in [0.1, 0.15) is 26.2 Å². The van der Waals surface area contributed by atoms with Crippen molar-refractivity contribution in [3.63, 3.8) is 0 Å². The summed E-state index contributed by atoms with van der Waals surface area (Å²) in [6.07, 6.45) is 4.47. The van der Waals surface area contributed by atoms with Gasteiger partial charge >= 0.3 is 0 Å². The van der Waals surface area contributed by atoms with Gasteiger partial charge < -0.3 is 4.74 Å². The molecule has 13 heavy (non-hydrogen) atoms. The van der Waals surface area contributed by atoms with Crippen molar-refractivity contribution >= 4 is 8.07 Å². The molecule has 1 nitrogen and oxygen atoms in total. The highest BCUT2D eigenvalue weighted by Crippen LogP contribution is 2.26. The van der Waals surface area contributed by atoms with Crippen LogP contribution in [0.4, 0.5) is 0 Å². The normalized spacial score (nSPS) is 26.5. The molecule has 1 fully saturated rings. The fraction of sp³-hybridized carbons (Fsp3) is 0.818. The molecule has 1 aliphatic heterocycles. The van der Waals surface area contributed by atoms with Crippen molar-refractivity contribution in [3.8, 4) is 11.5 Å². The van der Waals surface area contributed by atoms with E-state index in [2.05, 4.69) is 38.0 Å². The first kappa shape index (κ1) is 10.8. The molecule has 1 saturated heterocycles. The Labute approximate surface area is 82.9 Å². The minimum Gasteiger partial charge on any atom is -0.356 e. The summed E-state index contributed by atoms with van der Waals surface area (Å²) in [7, 11) is -1.18. The number of ether oxygens (including phenoxy) is 1. The number of epoxide rings is 1. The van der Waals surface area contributed by atoms with Crippen LogP contribution in [-0.2, 0) is 4.74 Å². The summed E-state index contributed by atoms with van der Waals surface area (Å²) in [6, 6.07) is 0. The molecule has 0 aromatic heterocycles. The molecule has 0 aliphatic carbocycles. The standard InChI is InChI=1S/C11H20OSi/c1-5-6-7-10-11(12-10)8-9-13(2,3)4/h10-11H,5-7H2,1-4H3/t10-,11+/m0/s1. The minimum absolute atomic E-state index is 0.276. The molecule has 2 heteroatoms. The van der Waals surface area contributed by atoms with Crippen LogP contribution < -0.4 is 0 Å². The van der Waals surface area contributed by atoms with E-state index in [1.54, 1.807) is 0 Å².